The number of nitrogens with zero attached hydrogens (tertiary/aromatic N) is 1. The van der Waals surface area contributed by atoms with Crippen molar-refractivity contribution in [3.8, 4) is 0 Å². The van der Waals surface area contributed by atoms with Crippen molar-refractivity contribution in [3.05, 3.63) is 100 Å². The Kier molecular flexibility index (Phi) is 12.6. The Labute approximate surface area is 297 Å². The molecule has 0 aromatic heterocycles. The first kappa shape index (κ1) is 38.6. The van der Waals surface area contributed by atoms with Crippen LogP contribution in [0.3, 0.4) is 0 Å². The summed E-state index contributed by atoms with van der Waals surface area (Å²) in [6.45, 7) is 11.1. The lowest BCUT2D eigenvalue weighted by atomic mass is 9.80. The number of fused-ring (bicyclic) bond motifs is 3. The summed E-state index contributed by atoms with van der Waals surface area (Å²) in [4.78, 5) is 60.8. The molecule has 1 fully saturated rings. The molecule has 1 unspecified atom stereocenters. The van der Waals surface area contributed by atoms with E-state index < -0.39 is 42.2 Å². The number of esters is 2. The van der Waals surface area contributed by atoms with Crippen LogP contribution in [0.5, 0.6) is 0 Å². The number of aryl methyl sites for hydroxylation is 2. The predicted octanol–water partition coefficient (Wildman–Crippen LogP) is 6.15. The van der Waals surface area contributed by atoms with Gasteiger partial charge in [-0.15, -0.1) is 0 Å². The first-order chi connectivity index (χ1) is 24.2. The fourth-order valence-corrected chi connectivity index (χ4v) is 6.73. The maximum Gasteiger partial charge on any atom is 0.412 e. The van der Waals surface area contributed by atoms with Gasteiger partial charge in [0, 0.05) is 23.2 Å². The number of carboxylic acid groups (broad SMARTS) is 3. The number of anilines is 1. The molecule has 0 radical (unpaired) electrons. The highest BCUT2D eigenvalue weighted by Crippen LogP contribution is 2.45. The number of rotatable bonds is 12. The number of hydrogen-bond donors (Lipinski definition) is 4. The van der Waals surface area contributed by atoms with Crippen LogP contribution in [0.15, 0.2) is 66.7 Å². The van der Waals surface area contributed by atoms with Crippen molar-refractivity contribution in [3.63, 3.8) is 0 Å². The first-order valence-corrected chi connectivity index (χ1v) is 17.1. The Balaban J connectivity index is 0.000000233. The van der Waals surface area contributed by atoms with Crippen LogP contribution in [0.4, 0.5) is 10.5 Å². The molecule has 1 amide bonds. The molecule has 272 valence electrons. The van der Waals surface area contributed by atoms with Gasteiger partial charge in [0.05, 0.1) is 11.1 Å². The van der Waals surface area contributed by atoms with E-state index >= 15 is 0 Å². The third kappa shape index (κ3) is 8.93. The Bertz CT molecular complexity index is 1660. The maximum atomic E-state index is 12.2. The Morgan fingerprint density at radius 2 is 1.33 bits per heavy atom. The number of carbonyl (C=O) groups is 5. The highest BCUT2D eigenvalue weighted by Gasteiger charge is 2.46. The highest BCUT2D eigenvalue weighted by molar-refractivity contribution is 5.95. The van der Waals surface area contributed by atoms with Crippen LogP contribution >= 0.6 is 0 Å². The molecule has 3 aromatic rings. The SMILES string of the molecule is CCCC(CC)N(C(=O)O)c1ccc2c(c1)[C@]1(C)CCN[C@@H]1C2.Cc1ccc(C(=O)O[C@@H](C(=O)O)[C@@H](OC(=O)c2ccc(C)cc2)C(=O)O)cc1. The van der Waals surface area contributed by atoms with E-state index in [0.717, 1.165) is 55.5 Å². The van der Waals surface area contributed by atoms with Gasteiger partial charge in [-0.05, 0) is 93.6 Å². The van der Waals surface area contributed by atoms with Gasteiger partial charge in [0.15, 0.2) is 0 Å². The van der Waals surface area contributed by atoms with Gasteiger partial charge in [-0.2, -0.15) is 0 Å². The molecular weight excluding hydrogens is 656 g/mol. The van der Waals surface area contributed by atoms with Gasteiger partial charge in [-0.3, -0.25) is 4.90 Å². The highest BCUT2D eigenvalue weighted by atomic mass is 16.6. The molecule has 3 aromatic carbocycles. The summed E-state index contributed by atoms with van der Waals surface area (Å²) in [5.41, 5.74) is 5.51. The lowest BCUT2D eigenvalue weighted by molar-refractivity contribution is -0.166. The Morgan fingerprint density at radius 1 is 0.824 bits per heavy atom. The van der Waals surface area contributed by atoms with E-state index in [9.17, 15) is 39.3 Å². The van der Waals surface area contributed by atoms with Crippen molar-refractivity contribution in [1.29, 1.82) is 0 Å². The number of ether oxygens (including phenoxy) is 2. The molecule has 12 nitrogen and oxygen atoms in total. The summed E-state index contributed by atoms with van der Waals surface area (Å²) in [6, 6.07) is 18.9. The standard InChI is InChI=1S/C20H18O8.C19H28N2O2/c1-11-3-7-13(8-4-11)19(25)27-15(17(21)22)16(18(23)24)28-20(26)14-9-5-12(2)6-10-14;1-4-6-14(5-2)21(18(22)23)15-8-7-13-11-17-19(3,9-10-20-17)16(13)12-15/h3-10,15-16H,1-2H3,(H,21,22)(H,23,24);7-8,12,14,17,20H,4-6,9-11H2,1-3H3,(H,22,23)/t15-,16-;14?,17-,19+/m11/s1. The van der Waals surface area contributed by atoms with Gasteiger partial charge >= 0.3 is 30.0 Å². The minimum atomic E-state index is -2.22. The molecule has 1 aliphatic carbocycles. The fraction of sp³-hybridized carbons (Fsp3) is 0.410. The largest absolute Gasteiger partial charge is 0.478 e. The van der Waals surface area contributed by atoms with E-state index in [-0.39, 0.29) is 22.6 Å². The van der Waals surface area contributed by atoms with Crippen LogP contribution in [0, 0.1) is 13.8 Å². The minimum absolute atomic E-state index is 0.0332. The molecule has 0 spiro atoms. The molecule has 1 heterocycles. The van der Waals surface area contributed by atoms with E-state index in [1.54, 1.807) is 43.0 Å². The van der Waals surface area contributed by atoms with Crippen LogP contribution in [0.25, 0.3) is 0 Å². The van der Waals surface area contributed by atoms with Crippen molar-refractivity contribution < 1.29 is 48.8 Å². The van der Waals surface area contributed by atoms with E-state index in [1.165, 1.54) is 35.4 Å². The van der Waals surface area contributed by atoms with Gasteiger partial charge in [-0.25, -0.2) is 24.0 Å². The Hall–Kier alpha value is -5.23. The summed E-state index contributed by atoms with van der Waals surface area (Å²) in [6.07, 6.45) is -0.341. The van der Waals surface area contributed by atoms with E-state index in [0.29, 0.717) is 6.04 Å². The third-order valence-electron chi connectivity index (χ3n) is 9.68. The van der Waals surface area contributed by atoms with Crippen molar-refractivity contribution in [2.45, 2.75) is 96.4 Å². The van der Waals surface area contributed by atoms with Gasteiger partial charge in [0.25, 0.3) is 0 Å². The van der Waals surface area contributed by atoms with Gasteiger partial charge < -0.3 is 30.1 Å². The lowest BCUT2D eigenvalue weighted by Gasteiger charge is -2.30. The maximum absolute atomic E-state index is 12.2. The molecule has 51 heavy (non-hydrogen) atoms. The molecule has 4 N–H and O–H groups in total. The minimum Gasteiger partial charge on any atom is -0.478 e. The normalized spacial score (nSPS) is 18.9. The summed E-state index contributed by atoms with van der Waals surface area (Å²) in [5, 5.41) is 32.0. The summed E-state index contributed by atoms with van der Waals surface area (Å²) in [7, 11) is 0. The Morgan fingerprint density at radius 3 is 1.76 bits per heavy atom. The first-order valence-electron chi connectivity index (χ1n) is 17.1. The van der Waals surface area contributed by atoms with Gasteiger partial charge in [-0.1, -0.05) is 68.7 Å². The molecule has 12 heteroatoms. The molecule has 0 bridgehead atoms. The van der Waals surface area contributed by atoms with Gasteiger partial charge in [0.2, 0.25) is 12.2 Å². The van der Waals surface area contributed by atoms with Crippen LogP contribution in [0.1, 0.15) is 89.4 Å². The number of carbonyl (C=O) groups excluding carboxylic acids is 2. The second kappa shape index (κ2) is 16.7. The number of amides is 1. The van der Waals surface area contributed by atoms with Crippen molar-refractivity contribution in [2.24, 2.45) is 0 Å². The fourth-order valence-electron chi connectivity index (χ4n) is 6.73. The predicted molar refractivity (Wildman–Crippen MR) is 189 cm³/mol. The second-order valence-electron chi connectivity index (χ2n) is 13.3. The number of nitrogens with one attached hydrogen (secondary N) is 1. The topological polar surface area (TPSA) is 180 Å². The number of carboxylic acids is 2. The average molecular weight is 703 g/mol. The smallest absolute Gasteiger partial charge is 0.412 e. The number of benzene rings is 3. The molecule has 5 rings (SSSR count). The second-order valence-corrected chi connectivity index (χ2v) is 13.3. The van der Waals surface area contributed by atoms with Crippen LogP contribution in [-0.2, 0) is 30.9 Å². The molecule has 2 aliphatic rings. The van der Waals surface area contributed by atoms with Gasteiger partial charge in [0.1, 0.15) is 0 Å². The van der Waals surface area contributed by atoms with Crippen molar-refractivity contribution >= 4 is 35.7 Å². The summed E-state index contributed by atoms with van der Waals surface area (Å²) in [5.74, 6) is -5.62. The van der Waals surface area contributed by atoms with E-state index in [2.05, 4.69) is 38.2 Å². The quantitative estimate of drug-likeness (QED) is 0.159. The third-order valence-corrected chi connectivity index (χ3v) is 9.68. The number of aliphatic carboxylic acids is 2. The summed E-state index contributed by atoms with van der Waals surface area (Å²) >= 11 is 0. The average Bonchev–Trinajstić information content (AvgIpc) is 3.59. The monoisotopic (exact) mass is 702 g/mol. The zero-order valence-electron chi connectivity index (χ0n) is 29.5. The van der Waals surface area contributed by atoms with Crippen molar-refractivity contribution in [2.75, 3.05) is 11.4 Å². The zero-order chi connectivity index (χ0) is 37.5. The van der Waals surface area contributed by atoms with Crippen LogP contribution < -0.4 is 10.2 Å². The summed E-state index contributed by atoms with van der Waals surface area (Å²) < 4.78 is 9.64. The van der Waals surface area contributed by atoms with Crippen molar-refractivity contribution in [1.82, 2.24) is 5.32 Å². The van der Waals surface area contributed by atoms with Crippen LogP contribution in [0.2, 0.25) is 0 Å². The molecule has 1 saturated heterocycles. The van der Waals surface area contributed by atoms with E-state index in [1.807, 2.05) is 6.07 Å². The molecular formula is C39H46N2O10. The van der Waals surface area contributed by atoms with Crippen LogP contribution in [-0.4, -0.2) is 76.1 Å². The van der Waals surface area contributed by atoms with E-state index in [4.69, 9.17) is 9.47 Å². The number of hydrogen-bond acceptors (Lipinski definition) is 8. The lowest BCUT2D eigenvalue weighted by Crippen LogP contribution is -2.45. The molecule has 5 atom stereocenters. The molecule has 1 aliphatic heterocycles. The molecule has 0 saturated carbocycles. The zero-order valence-corrected chi connectivity index (χ0v) is 29.5.